The van der Waals surface area contributed by atoms with Crippen molar-refractivity contribution < 1.29 is 4.79 Å². The minimum absolute atomic E-state index is 0.149. The maximum absolute atomic E-state index is 12.5. The fourth-order valence-electron chi connectivity index (χ4n) is 2.96. The van der Waals surface area contributed by atoms with Crippen LogP contribution in [0.3, 0.4) is 0 Å². The molecule has 0 saturated heterocycles. The maximum atomic E-state index is 12.5. The Kier molecular flexibility index (Phi) is 4.47. The van der Waals surface area contributed by atoms with Gasteiger partial charge >= 0.3 is 0 Å². The van der Waals surface area contributed by atoms with Gasteiger partial charge in [0, 0.05) is 24.4 Å². The lowest BCUT2D eigenvalue weighted by Gasteiger charge is -2.17. The van der Waals surface area contributed by atoms with Crippen molar-refractivity contribution in [2.45, 2.75) is 18.0 Å². The molecule has 1 aliphatic rings. The first-order valence-corrected chi connectivity index (χ1v) is 9.16. The highest BCUT2D eigenvalue weighted by molar-refractivity contribution is 7.99. The predicted octanol–water partition coefficient (Wildman–Crippen LogP) is 2.73. The Bertz CT molecular complexity index is 880. The van der Waals surface area contributed by atoms with Gasteiger partial charge in [0.1, 0.15) is 0 Å². The number of carbonyl (C=O) groups excluding carboxylic acids is 1. The van der Waals surface area contributed by atoms with Crippen LogP contribution in [-0.4, -0.2) is 38.4 Å². The Morgan fingerprint density at radius 1 is 1.08 bits per heavy atom. The second-order valence-electron chi connectivity index (χ2n) is 5.73. The van der Waals surface area contributed by atoms with Crippen molar-refractivity contribution in [2.75, 3.05) is 17.2 Å². The minimum Gasteiger partial charge on any atom is -0.312 e. The second-order valence-corrected chi connectivity index (χ2v) is 6.79. The molecule has 0 bridgehead atoms. The fraction of sp³-hybridized carbons (Fsp3) is 0.222. The number of hydrogen-bond donors (Lipinski definition) is 0. The summed E-state index contributed by atoms with van der Waals surface area (Å²) in [6.07, 6.45) is 1.39. The molecule has 1 amide bonds. The van der Waals surface area contributed by atoms with Crippen molar-refractivity contribution in [3.05, 3.63) is 60.2 Å². The molecule has 1 aromatic heterocycles. The van der Waals surface area contributed by atoms with E-state index in [4.69, 9.17) is 0 Å². The lowest BCUT2D eigenvalue weighted by atomic mass is 10.2. The molecule has 2 aromatic carbocycles. The van der Waals surface area contributed by atoms with E-state index in [-0.39, 0.29) is 5.91 Å². The minimum atomic E-state index is 0.149. The largest absolute Gasteiger partial charge is 0.312 e. The third-order valence-corrected chi connectivity index (χ3v) is 5.10. The van der Waals surface area contributed by atoms with E-state index in [2.05, 4.69) is 21.6 Å². The van der Waals surface area contributed by atoms with E-state index in [1.807, 2.05) is 53.4 Å². The van der Waals surface area contributed by atoms with Crippen LogP contribution in [0.5, 0.6) is 0 Å². The summed E-state index contributed by atoms with van der Waals surface area (Å²) in [5.74, 6) is 0.793. The molecule has 0 radical (unpaired) electrons. The van der Waals surface area contributed by atoms with Gasteiger partial charge in [-0.25, -0.2) is 0 Å². The van der Waals surface area contributed by atoms with Crippen LogP contribution < -0.4 is 4.90 Å². The summed E-state index contributed by atoms with van der Waals surface area (Å²) in [5, 5.41) is 12.5. The zero-order chi connectivity index (χ0) is 17.1. The lowest BCUT2D eigenvalue weighted by Crippen LogP contribution is -2.29. The molecule has 126 valence electrons. The van der Waals surface area contributed by atoms with E-state index in [1.54, 1.807) is 4.68 Å². The molecule has 4 rings (SSSR count). The smallest absolute Gasteiger partial charge is 0.227 e. The summed E-state index contributed by atoms with van der Waals surface area (Å²) in [5.41, 5.74) is 3.21. The first-order valence-electron chi connectivity index (χ1n) is 8.18. The molecule has 25 heavy (non-hydrogen) atoms. The fourth-order valence-corrected chi connectivity index (χ4v) is 3.78. The van der Waals surface area contributed by atoms with Gasteiger partial charge < -0.3 is 4.90 Å². The van der Waals surface area contributed by atoms with Gasteiger partial charge in [-0.15, -0.1) is 5.10 Å². The SMILES string of the molecule is O=C(CCSc1nnnn1-c1ccccc1)N1CCc2ccccc21. The van der Waals surface area contributed by atoms with E-state index >= 15 is 0 Å². The molecule has 7 heteroatoms. The molecule has 0 unspecified atom stereocenters. The number of fused-ring (bicyclic) bond motifs is 1. The Morgan fingerprint density at radius 3 is 2.76 bits per heavy atom. The van der Waals surface area contributed by atoms with E-state index in [0.717, 1.165) is 24.3 Å². The van der Waals surface area contributed by atoms with Crippen LogP contribution in [0.1, 0.15) is 12.0 Å². The predicted molar refractivity (Wildman–Crippen MR) is 97.0 cm³/mol. The number of anilines is 1. The van der Waals surface area contributed by atoms with Crippen molar-refractivity contribution in [3.63, 3.8) is 0 Å². The number of hydrogen-bond acceptors (Lipinski definition) is 5. The van der Waals surface area contributed by atoms with Crippen molar-refractivity contribution >= 4 is 23.4 Å². The molecule has 1 aliphatic heterocycles. The van der Waals surface area contributed by atoms with E-state index in [1.165, 1.54) is 17.3 Å². The maximum Gasteiger partial charge on any atom is 0.227 e. The van der Waals surface area contributed by atoms with Gasteiger partial charge in [-0.3, -0.25) is 4.79 Å². The van der Waals surface area contributed by atoms with Crippen molar-refractivity contribution in [3.8, 4) is 5.69 Å². The normalized spacial score (nSPS) is 13.0. The van der Waals surface area contributed by atoms with Crippen molar-refractivity contribution in [1.82, 2.24) is 20.2 Å². The molecule has 0 fully saturated rings. The molecule has 0 N–H and O–H groups in total. The third kappa shape index (κ3) is 3.28. The molecule has 6 nitrogen and oxygen atoms in total. The molecule has 0 aliphatic carbocycles. The number of aromatic nitrogens is 4. The number of nitrogens with zero attached hydrogens (tertiary/aromatic N) is 5. The van der Waals surface area contributed by atoms with Crippen LogP contribution in [0.2, 0.25) is 0 Å². The highest BCUT2D eigenvalue weighted by atomic mass is 32.2. The van der Waals surface area contributed by atoms with Gasteiger partial charge in [0.05, 0.1) is 5.69 Å². The molecular weight excluding hydrogens is 334 g/mol. The Balaban J connectivity index is 1.38. The molecule has 0 atom stereocenters. The summed E-state index contributed by atoms with van der Waals surface area (Å²) in [6, 6.07) is 17.8. The van der Waals surface area contributed by atoms with Gasteiger partial charge in [-0.1, -0.05) is 48.2 Å². The zero-order valence-corrected chi connectivity index (χ0v) is 14.4. The number of carbonyl (C=O) groups is 1. The van der Waals surface area contributed by atoms with Crippen LogP contribution in [0, 0.1) is 0 Å². The summed E-state index contributed by atoms with van der Waals surface area (Å²) < 4.78 is 1.69. The first kappa shape index (κ1) is 15.8. The van der Waals surface area contributed by atoms with E-state index in [0.29, 0.717) is 17.3 Å². The number of tetrazole rings is 1. The molecular formula is C18H17N5OS. The number of para-hydroxylation sites is 2. The molecule has 3 aromatic rings. The van der Waals surface area contributed by atoms with Crippen LogP contribution in [0.15, 0.2) is 59.8 Å². The Hall–Kier alpha value is -2.67. The van der Waals surface area contributed by atoms with Crippen LogP contribution in [0.4, 0.5) is 5.69 Å². The molecule has 0 spiro atoms. The van der Waals surface area contributed by atoms with Crippen LogP contribution in [-0.2, 0) is 11.2 Å². The highest BCUT2D eigenvalue weighted by Crippen LogP contribution is 2.28. The van der Waals surface area contributed by atoms with Gasteiger partial charge in [-0.05, 0) is 40.6 Å². The molecule has 2 heterocycles. The second kappa shape index (κ2) is 7.06. The van der Waals surface area contributed by atoms with Gasteiger partial charge in [-0.2, -0.15) is 4.68 Å². The summed E-state index contributed by atoms with van der Waals surface area (Å²) in [4.78, 5) is 14.4. The third-order valence-electron chi connectivity index (χ3n) is 4.18. The van der Waals surface area contributed by atoms with Crippen LogP contribution >= 0.6 is 11.8 Å². The number of thioether (sulfide) groups is 1. The molecule has 0 saturated carbocycles. The topological polar surface area (TPSA) is 63.9 Å². The summed E-state index contributed by atoms with van der Waals surface area (Å²) in [7, 11) is 0. The van der Waals surface area contributed by atoms with Crippen LogP contribution in [0.25, 0.3) is 5.69 Å². The van der Waals surface area contributed by atoms with Crippen molar-refractivity contribution in [1.29, 1.82) is 0 Å². The number of benzene rings is 2. The van der Waals surface area contributed by atoms with Gasteiger partial charge in [0.2, 0.25) is 11.1 Å². The Labute approximate surface area is 149 Å². The monoisotopic (exact) mass is 351 g/mol. The average molecular weight is 351 g/mol. The number of rotatable bonds is 5. The highest BCUT2D eigenvalue weighted by Gasteiger charge is 2.23. The van der Waals surface area contributed by atoms with Gasteiger partial charge in [0.25, 0.3) is 0 Å². The zero-order valence-electron chi connectivity index (χ0n) is 13.6. The lowest BCUT2D eigenvalue weighted by molar-refractivity contribution is -0.118. The van der Waals surface area contributed by atoms with Crippen molar-refractivity contribution in [2.24, 2.45) is 0 Å². The summed E-state index contributed by atoms with van der Waals surface area (Å²) in [6.45, 7) is 0.768. The first-order chi connectivity index (χ1) is 12.3. The average Bonchev–Trinajstić information content (AvgIpc) is 3.29. The number of amides is 1. The Morgan fingerprint density at radius 2 is 1.88 bits per heavy atom. The van der Waals surface area contributed by atoms with E-state index in [9.17, 15) is 4.79 Å². The van der Waals surface area contributed by atoms with Gasteiger partial charge in [0.15, 0.2) is 0 Å². The quantitative estimate of drug-likeness (QED) is 0.662. The standard InChI is InChI=1S/C18H17N5OS/c24-17(22-12-10-14-6-4-5-9-16(14)22)11-13-25-18-19-20-21-23(18)15-7-2-1-3-8-15/h1-9H,10-13H2. The van der Waals surface area contributed by atoms with E-state index < -0.39 is 0 Å². The summed E-state index contributed by atoms with van der Waals surface area (Å²) >= 11 is 1.50.